The number of anilines is 1. The van der Waals surface area contributed by atoms with E-state index in [4.69, 9.17) is 10.2 Å². The lowest BCUT2D eigenvalue weighted by molar-refractivity contribution is 0.265. The lowest BCUT2D eigenvalue weighted by Gasteiger charge is -2.20. The number of para-hydroxylation sites is 1. The Balaban J connectivity index is 1.99. The average Bonchev–Trinajstić information content (AvgIpc) is 2.93. The Kier molecular flexibility index (Phi) is 4.79. The molecule has 2 rings (SSSR count). The maximum Gasteiger partial charge on any atom is 0.193 e. The maximum atomic E-state index is 5.90. The smallest absolute Gasteiger partial charge is 0.193 e. The Labute approximate surface area is 119 Å². The van der Waals surface area contributed by atoms with E-state index in [9.17, 15) is 0 Å². The van der Waals surface area contributed by atoms with Gasteiger partial charge in [-0.25, -0.2) is 0 Å². The molecule has 1 heterocycles. The van der Waals surface area contributed by atoms with Crippen LogP contribution in [0.25, 0.3) is 0 Å². The highest BCUT2D eigenvalue weighted by Gasteiger charge is 2.16. The molecule has 1 aromatic heterocycles. The third kappa shape index (κ3) is 3.86. The molecular formula is C15H20N4O. The highest BCUT2D eigenvalue weighted by atomic mass is 16.3. The number of guanidine groups is 1. The zero-order chi connectivity index (χ0) is 14.4. The molecule has 0 aliphatic rings. The Morgan fingerprint density at radius 1 is 1.25 bits per heavy atom. The highest BCUT2D eigenvalue weighted by Crippen LogP contribution is 2.18. The number of rotatable bonds is 5. The first-order valence-electron chi connectivity index (χ1n) is 6.48. The fourth-order valence-corrected chi connectivity index (χ4v) is 1.88. The molecule has 0 saturated heterocycles. The van der Waals surface area contributed by atoms with Gasteiger partial charge in [0.2, 0.25) is 0 Å². The van der Waals surface area contributed by atoms with E-state index in [0.717, 1.165) is 11.4 Å². The largest absolute Gasteiger partial charge is 0.468 e. The summed E-state index contributed by atoms with van der Waals surface area (Å²) in [5.74, 6) is 1.28. The lowest BCUT2D eigenvalue weighted by atomic mass is 10.2. The summed E-state index contributed by atoms with van der Waals surface area (Å²) >= 11 is 0. The van der Waals surface area contributed by atoms with Gasteiger partial charge in [-0.2, -0.15) is 0 Å². The minimum Gasteiger partial charge on any atom is -0.468 e. The number of furan rings is 1. The predicted molar refractivity (Wildman–Crippen MR) is 81.7 cm³/mol. The van der Waals surface area contributed by atoms with Gasteiger partial charge in [-0.15, -0.1) is 0 Å². The molecule has 0 radical (unpaired) electrons. The Morgan fingerprint density at radius 2 is 2.00 bits per heavy atom. The topological polar surface area (TPSA) is 66.8 Å². The van der Waals surface area contributed by atoms with Gasteiger partial charge in [0.25, 0.3) is 0 Å². The summed E-state index contributed by atoms with van der Waals surface area (Å²) in [7, 11) is 3.98. The predicted octanol–water partition coefficient (Wildman–Crippen LogP) is 2.31. The van der Waals surface area contributed by atoms with Crippen LogP contribution in [0.5, 0.6) is 0 Å². The standard InChI is InChI=1S/C15H20N4O/c1-19(2)13(14-9-6-10-20-14)11-17-15(16)18-12-7-4-3-5-8-12/h3-10,13H,11H2,1-2H3,(H3,16,17,18). The maximum absolute atomic E-state index is 5.90. The fourth-order valence-electron chi connectivity index (χ4n) is 1.88. The summed E-state index contributed by atoms with van der Waals surface area (Å²) in [5, 5.41) is 3.06. The normalized spacial score (nSPS) is 13.4. The van der Waals surface area contributed by atoms with E-state index in [-0.39, 0.29) is 6.04 Å². The van der Waals surface area contributed by atoms with Crippen LogP contribution in [0.1, 0.15) is 11.8 Å². The van der Waals surface area contributed by atoms with Crippen LogP contribution in [-0.4, -0.2) is 31.5 Å². The summed E-state index contributed by atoms with van der Waals surface area (Å²) in [5.41, 5.74) is 6.82. The van der Waals surface area contributed by atoms with Gasteiger partial charge in [0.05, 0.1) is 18.8 Å². The number of nitrogens with one attached hydrogen (secondary N) is 1. The number of hydrogen-bond donors (Lipinski definition) is 2. The molecule has 0 bridgehead atoms. The molecule has 1 unspecified atom stereocenters. The monoisotopic (exact) mass is 272 g/mol. The molecular weight excluding hydrogens is 252 g/mol. The second-order valence-corrected chi connectivity index (χ2v) is 4.71. The molecule has 5 heteroatoms. The van der Waals surface area contributed by atoms with Crippen LogP contribution in [0, 0.1) is 0 Å². The van der Waals surface area contributed by atoms with Crippen molar-refractivity contribution in [1.82, 2.24) is 4.90 Å². The SMILES string of the molecule is CN(C)C(CN=C(N)Nc1ccccc1)c1ccco1. The average molecular weight is 272 g/mol. The summed E-state index contributed by atoms with van der Waals surface area (Å²) in [6, 6.07) is 13.6. The van der Waals surface area contributed by atoms with Crippen molar-refractivity contribution in [2.45, 2.75) is 6.04 Å². The van der Waals surface area contributed by atoms with Crippen molar-refractivity contribution in [2.75, 3.05) is 26.0 Å². The Morgan fingerprint density at radius 3 is 2.60 bits per heavy atom. The first kappa shape index (κ1) is 14.1. The molecule has 1 atom stereocenters. The van der Waals surface area contributed by atoms with Gasteiger partial charge in [-0.1, -0.05) is 18.2 Å². The quantitative estimate of drug-likeness (QED) is 0.647. The number of nitrogens with zero attached hydrogens (tertiary/aromatic N) is 2. The van der Waals surface area contributed by atoms with Crippen molar-refractivity contribution >= 4 is 11.6 Å². The van der Waals surface area contributed by atoms with Crippen LogP contribution in [0.3, 0.4) is 0 Å². The van der Waals surface area contributed by atoms with Crippen LogP contribution in [0.15, 0.2) is 58.1 Å². The molecule has 0 saturated carbocycles. The summed E-state index contributed by atoms with van der Waals surface area (Å²) < 4.78 is 5.44. The Bertz CT molecular complexity index is 534. The third-order valence-corrected chi connectivity index (χ3v) is 2.98. The highest BCUT2D eigenvalue weighted by molar-refractivity contribution is 5.92. The molecule has 2 aromatic rings. The zero-order valence-electron chi connectivity index (χ0n) is 11.8. The van der Waals surface area contributed by atoms with Crippen molar-refractivity contribution < 1.29 is 4.42 Å². The zero-order valence-corrected chi connectivity index (χ0v) is 11.8. The molecule has 0 spiro atoms. The number of likely N-dealkylation sites (N-methyl/N-ethyl adjacent to an activating group) is 1. The van der Waals surface area contributed by atoms with E-state index >= 15 is 0 Å². The minimum atomic E-state index is 0.0705. The second kappa shape index (κ2) is 6.77. The van der Waals surface area contributed by atoms with E-state index < -0.39 is 0 Å². The van der Waals surface area contributed by atoms with Gasteiger partial charge in [0.15, 0.2) is 5.96 Å². The van der Waals surface area contributed by atoms with Gasteiger partial charge in [-0.3, -0.25) is 9.89 Å². The van der Waals surface area contributed by atoms with Crippen molar-refractivity contribution in [3.05, 3.63) is 54.5 Å². The molecule has 0 amide bonds. The molecule has 0 aliphatic carbocycles. The minimum absolute atomic E-state index is 0.0705. The van der Waals surface area contributed by atoms with Crippen molar-refractivity contribution in [3.63, 3.8) is 0 Å². The van der Waals surface area contributed by atoms with Crippen LogP contribution in [0.2, 0.25) is 0 Å². The molecule has 0 aliphatic heterocycles. The van der Waals surface area contributed by atoms with Crippen molar-refractivity contribution in [3.8, 4) is 0 Å². The molecule has 1 aromatic carbocycles. The second-order valence-electron chi connectivity index (χ2n) is 4.71. The van der Waals surface area contributed by atoms with Crippen molar-refractivity contribution in [2.24, 2.45) is 10.7 Å². The number of aliphatic imine (C=N–C) groups is 1. The van der Waals surface area contributed by atoms with E-state index in [1.54, 1.807) is 6.26 Å². The molecule has 0 fully saturated rings. The van der Waals surface area contributed by atoms with Gasteiger partial charge in [0.1, 0.15) is 5.76 Å². The van der Waals surface area contributed by atoms with Gasteiger partial charge < -0.3 is 15.5 Å². The first-order chi connectivity index (χ1) is 9.66. The number of benzene rings is 1. The van der Waals surface area contributed by atoms with Gasteiger partial charge >= 0.3 is 0 Å². The molecule has 20 heavy (non-hydrogen) atoms. The van der Waals surface area contributed by atoms with E-state index in [1.807, 2.05) is 56.6 Å². The van der Waals surface area contributed by atoms with Gasteiger partial charge in [0, 0.05) is 5.69 Å². The van der Waals surface area contributed by atoms with Crippen LogP contribution >= 0.6 is 0 Å². The van der Waals surface area contributed by atoms with E-state index in [1.165, 1.54) is 0 Å². The number of hydrogen-bond acceptors (Lipinski definition) is 3. The van der Waals surface area contributed by atoms with E-state index in [0.29, 0.717) is 12.5 Å². The number of nitrogens with two attached hydrogens (primary N) is 1. The lowest BCUT2D eigenvalue weighted by Crippen LogP contribution is -2.27. The molecule has 5 nitrogen and oxygen atoms in total. The van der Waals surface area contributed by atoms with Crippen LogP contribution in [-0.2, 0) is 0 Å². The Hall–Kier alpha value is -2.27. The summed E-state index contributed by atoms with van der Waals surface area (Å²) in [6.45, 7) is 0.534. The van der Waals surface area contributed by atoms with Gasteiger partial charge in [-0.05, 0) is 38.4 Å². The first-order valence-corrected chi connectivity index (χ1v) is 6.48. The van der Waals surface area contributed by atoms with E-state index in [2.05, 4.69) is 15.2 Å². The summed E-state index contributed by atoms with van der Waals surface area (Å²) in [6.07, 6.45) is 1.67. The van der Waals surface area contributed by atoms with Crippen LogP contribution in [0.4, 0.5) is 5.69 Å². The van der Waals surface area contributed by atoms with Crippen LogP contribution < -0.4 is 11.1 Å². The molecule has 106 valence electrons. The van der Waals surface area contributed by atoms with Crippen molar-refractivity contribution in [1.29, 1.82) is 0 Å². The summed E-state index contributed by atoms with van der Waals surface area (Å²) in [4.78, 5) is 6.43. The third-order valence-electron chi connectivity index (χ3n) is 2.98. The fraction of sp³-hybridized carbons (Fsp3) is 0.267. The molecule has 3 N–H and O–H groups in total.